The van der Waals surface area contributed by atoms with Gasteiger partial charge in [-0.3, -0.25) is 4.79 Å². The number of carbonyl (C=O) groups excluding carboxylic acids is 1. The van der Waals surface area contributed by atoms with Gasteiger partial charge in [0, 0.05) is 5.02 Å². The van der Waals surface area contributed by atoms with Gasteiger partial charge in [-0.1, -0.05) is 50.7 Å². The van der Waals surface area contributed by atoms with Crippen molar-refractivity contribution in [2.24, 2.45) is 0 Å². The maximum Gasteiger partial charge on any atom is 0.419 e. The molecule has 152 valence electrons. The van der Waals surface area contributed by atoms with Gasteiger partial charge in [0.1, 0.15) is 15.6 Å². The number of ether oxygens (including phenoxy) is 2. The highest BCUT2D eigenvalue weighted by Crippen LogP contribution is 2.44. The molecule has 0 saturated heterocycles. The van der Waals surface area contributed by atoms with E-state index in [1.165, 1.54) is 25.3 Å². The lowest BCUT2D eigenvalue weighted by Crippen LogP contribution is -2.18. The van der Waals surface area contributed by atoms with Crippen LogP contribution < -0.4 is 4.74 Å². The number of esters is 1. The standard InChI is InChI=1S/C17H10BrCl3F4O3/c1-27-16(26)10(18)5-7-4-8(2-3-11(7)19)28-15-12(20)6-9(17(23,24)25)14(22)13(15)21/h2-4,6,10H,5H2,1H3. The quantitative estimate of drug-likeness (QED) is 0.182. The van der Waals surface area contributed by atoms with Crippen LogP contribution in [0.4, 0.5) is 17.6 Å². The average molecular weight is 525 g/mol. The van der Waals surface area contributed by atoms with Crippen LogP contribution >= 0.6 is 50.7 Å². The zero-order valence-corrected chi connectivity index (χ0v) is 17.7. The van der Waals surface area contributed by atoms with E-state index in [1.807, 2.05) is 0 Å². The van der Waals surface area contributed by atoms with Crippen molar-refractivity contribution in [1.82, 2.24) is 0 Å². The molecule has 0 aliphatic rings. The summed E-state index contributed by atoms with van der Waals surface area (Å²) in [6, 6.07) is 4.63. The number of hydrogen-bond acceptors (Lipinski definition) is 3. The molecule has 3 nitrogen and oxygen atoms in total. The molecule has 0 heterocycles. The fourth-order valence-corrected chi connectivity index (χ4v) is 3.43. The second-order valence-corrected chi connectivity index (χ2v) is 7.71. The molecular weight excluding hydrogens is 514 g/mol. The molecule has 2 aromatic carbocycles. The number of hydrogen-bond donors (Lipinski definition) is 0. The molecule has 2 rings (SSSR count). The number of carbonyl (C=O) groups is 1. The van der Waals surface area contributed by atoms with Crippen molar-refractivity contribution in [2.75, 3.05) is 7.11 Å². The summed E-state index contributed by atoms with van der Waals surface area (Å²) in [6.45, 7) is 0. The fraction of sp³-hybridized carbons (Fsp3) is 0.235. The Balaban J connectivity index is 2.38. The average Bonchev–Trinajstić information content (AvgIpc) is 2.62. The fourth-order valence-electron chi connectivity index (χ4n) is 2.17. The molecule has 0 aromatic heterocycles. The van der Waals surface area contributed by atoms with Crippen molar-refractivity contribution in [3.8, 4) is 11.5 Å². The van der Waals surface area contributed by atoms with Gasteiger partial charge >= 0.3 is 12.1 Å². The molecule has 11 heteroatoms. The van der Waals surface area contributed by atoms with Crippen LogP contribution in [0.2, 0.25) is 15.1 Å². The van der Waals surface area contributed by atoms with Crippen LogP contribution in [0.1, 0.15) is 11.1 Å². The zero-order valence-electron chi connectivity index (χ0n) is 13.8. The number of benzene rings is 2. The molecule has 0 bridgehead atoms. The van der Waals surface area contributed by atoms with Crippen LogP contribution in [-0.2, 0) is 22.1 Å². The third-order valence-electron chi connectivity index (χ3n) is 3.52. The van der Waals surface area contributed by atoms with E-state index in [1.54, 1.807) is 0 Å². The van der Waals surface area contributed by atoms with E-state index in [-0.39, 0.29) is 12.2 Å². The van der Waals surface area contributed by atoms with Crippen molar-refractivity contribution >= 4 is 56.7 Å². The third kappa shape index (κ3) is 5.23. The summed E-state index contributed by atoms with van der Waals surface area (Å²) in [6.07, 6.45) is -4.84. The van der Waals surface area contributed by atoms with Gasteiger partial charge in [-0.2, -0.15) is 13.2 Å². The van der Waals surface area contributed by atoms with E-state index in [9.17, 15) is 22.4 Å². The van der Waals surface area contributed by atoms with E-state index < -0.39 is 44.1 Å². The van der Waals surface area contributed by atoms with Crippen LogP contribution in [0.15, 0.2) is 24.3 Å². The van der Waals surface area contributed by atoms with E-state index >= 15 is 0 Å². The van der Waals surface area contributed by atoms with Gasteiger partial charge in [-0.25, -0.2) is 4.39 Å². The summed E-state index contributed by atoms with van der Waals surface area (Å²) >= 11 is 20.7. The first kappa shape index (κ1) is 23.1. The van der Waals surface area contributed by atoms with Crippen LogP contribution in [0.25, 0.3) is 0 Å². The molecule has 28 heavy (non-hydrogen) atoms. The Morgan fingerprint density at radius 2 is 1.82 bits per heavy atom. The van der Waals surface area contributed by atoms with Crippen LogP contribution in [-0.4, -0.2) is 17.9 Å². The molecule has 0 aliphatic carbocycles. The van der Waals surface area contributed by atoms with Crippen molar-refractivity contribution in [3.63, 3.8) is 0 Å². The van der Waals surface area contributed by atoms with E-state index in [0.717, 1.165) is 0 Å². The maximum absolute atomic E-state index is 14.0. The lowest BCUT2D eigenvalue weighted by Gasteiger charge is -2.16. The molecule has 1 atom stereocenters. The normalized spacial score (nSPS) is 12.6. The predicted molar refractivity (Wildman–Crippen MR) is 101 cm³/mol. The van der Waals surface area contributed by atoms with E-state index in [4.69, 9.17) is 39.5 Å². The second kappa shape index (κ2) is 9.07. The van der Waals surface area contributed by atoms with Gasteiger partial charge in [-0.15, -0.1) is 0 Å². The van der Waals surface area contributed by atoms with Gasteiger partial charge in [0.2, 0.25) is 0 Å². The van der Waals surface area contributed by atoms with Crippen LogP contribution in [0.5, 0.6) is 11.5 Å². The van der Waals surface area contributed by atoms with E-state index in [2.05, 4.69) is 20.7 Å². The minimum absolute atomic E-state index is 0.0759. The van der Waals surface area contributed by atoms with Crippen molar-refractivity contribution in [1.29, 1.82) is 0 Å². The van der Waals surface area contributed by atoms with Crippen molar-refractivity contribution in [2.45, 2.75) is 17.4 Å². The maximum atomic E-state index is 14.0. The molecule has 0 fully saturated rings. The summed E-state index contributed by atoms with van der Waals surface area (Å²) in [4.78, 5) is 10.8. The molecule has 0 aliphatic heterocycles. The molecule has 0 spiro atoms. The highest BCUT2D eigenvalue weighted by Gasteiger charge is 2.37. The first-order valence-corrected chi connectivity index (χ1v) is 9.43. The molecule has 0 radical (unpaired) electrons. The Kier molecular flexibility index (Phi) is 7.47. The highest BCUT2D eigenvalue weighted by molar-refractivity contribution is 9.10. The van der Waals surface area contributed by atoms with Crippen LogP contribution in [0.3, 0.4) is 0 Å². The first-order valence-electron chi connectivity index (χ1n) is 7.38. The Labute approximate surface area is 180 Å². The zero-order chi connectivity index (χ0) is 21.2. The number of methoxy groups -OCH3 is 1. The molecule has 0 amide bonds. The predicted octanol–water partition coefficient (Wildman–Crippen LogP) is 7.08. The van der Waals surface area contributed by atoms with Crippen LogP contribution in [0, 0.1) is 5.82 Å². The Morgan fingerprint density at radius 3 is 2.39 bits per heavy atom. The molecule has 1 unspecified atom stereocenters. The number of rotatable bonds is 5. The molecular formula is C17H10BrCl3F4O3. The number of alkyl halides is 4. The lowest BCUT2D eigenvalue weighted by molar-refractivity contribution is -0.140. The van der Waals surface area contributed by atoms with Crippen molar-refractivity contribution in [3.05, 3.63) is 56.3 Å². The largest absolute Gasteiger partial charge is 0.468 e. The first-order chi connectivity index (χ1) is 13.0. The number of halogens is 8. The third-order valence-corrected chi connectivity index (χ3v) is 5.20. The SMILES string of the molecule is COC(=O)C(Br)Cc1cc(Oc2c(Cl)cc(C(F)(F)F)c(F)c2Cl)ccc1Cl. The van der Waals surface area contributed by atoms with Gasteiger partial charge < -0.3 is 9.47 Å². The Bertz CT molecular complexity index is 906. The second-order valence-electron chi connectivity index (χ2n) is 5.41. The smallest absolute Gasteiger partial charge is 0.419 e. The summed E-state index contributed by atoms with van der Waals surface area (Å²) in [7, 11) is 1.22. The van der Waals surface area contributed by atoms with Gasteiger partial charge in [0.15, 0.2) is 11.6 Å². The summed E-state index contributed by atoms with van der Waals surface area (Å²) in [5, 5.41) is -1.14. The molecule has 0 N–H and O–H groups in total. The van der Waals surface area contributed by atoms with Gasteiger partial charge in [-0.05, 0) is 36.2 Å². The van der Waals surface area contributed by atoms with Gasteiger partial charge in [0.25, 0.3) is 0 Å². The topological polar surface area (TPSA) is 35.5 Å². The summed E-state index contributed by atoms with van der Waals surface area (Å²) in [5.74, 6) is -2.63. The Morgan fingerprint density at radius 1 is 1.18 bits per heavy atom. The van der Waals surface area contributed by atoms with Crippen molar-refractivity contribution < 1.29 is 31.8 Å². The lowest BCUT2D eigenvalue weighted by atomic mass is 10.1. The van der Waals surface area contributed by atoms with E-state index in [0.29, 0.717) is 16.7 Å². The summed E-state index contributed by atoms with van der Waals surface area (Å²) in [5.41, 5.74) is -1.14. The van der Waals surface area contributed by atoms with Gasteiger partial charge in [0.05, 0.1) is 17.7 Å². The Hall–Kier alpha value is -1.22. The minimum atomic E-state index is -4.97. The summed E-state index contributed by atoms with van der Waals surface area (Å²) < 4.78 is 62.5. The monoisotopic (exact) mass is 522 g/mol. The molecule has 0 saturated carbocycles. The molecule has 2 aromatic rings. The highest BCUT2D eigenvalue weighted by atomic mass is 79.9. The minimum Gasteiger partial charge on any atom is -0.468 e.